The van der Waals surface area contributed by atoms with Gasteiger partial charge in [0.05, 0.1) is 12.2 Å². The molecule has 0 heterocycles. The van der Waals surface area contributed by atoms with Gasteiger partial charge in [-0.2, -0.15) is 0 Å². The predicted molar refractivity (Wildman–Crippen MR) is 78.4 cm³/mol. The van der Waals surface area contributed by atoms with Gasteiger partial charge in [-0.15, -0.1) is 0 Å². The summed E-state index contributed by atoms with van der Waals surface area (Å²) in [6, 6.07) is 9.79. The van der Waals surface area contributed by atoms with Gasteiger partial charge in [-0.05, 0) is 18.6 Å². The number of nitrogens with zero attached hydrogens (tertiary/aromatic N) is 1. The Hall–Kier alpha value is -1.60. The Bertz CT molecular complexity index is 516. The Kier molecular flexibility index (Phi) is 6.47. The lowest BCUT2D eigenvalue weighted by Gasteiger charge is -2.19. The number of carboxylic acids is 1. The average molecular weight is 300 g/mol. The van der Waals surface area contributed by atoms with E-state index in [0.29, 0.717) is 19.5 Å². The van der Waals surface area contributed by atoms with Gasteiger partial charge < -0.3 is 10.0 Å². The number of nitrogens with one attached hydrogen (secondary N) is 1. The molecular weight excluding hydrogens is 280 g/mol. The van der Waals surface area contributed by atoms with Crippen LogP contribution in [0.3, 0.4) is 0 Å². The summed E-state index contributed by atoms with van der Waals surface area (Å²) in [5.74, 6) is -1.49. The summed E-state index contributed by atoms with van der Waals surface area (Å²) < 4.78 is 25.3. The van der Waals surface area contributed by atoms with E-state index in [0.717, 1.165) is 5.69 Å². The summed E-state index contributed by atoms with van der Waals surface area (Å²) >= 11 is 0. The van der Waals surface area contributed by atoms with Gasteiger partial charge >= 0.3 is 5.97 Å². The highest BCUT2D eigenvalue weighted by Gasteiger charge is 2.11. The molecule has 20 heavy (non-hydrogen) atoms. The maximum absolute atomic E-state index is 11.5. The van der Waals surface area contributed by atoms with Gasteiger partial charge in [-0.3, -0.25) is 4.79 Å². The fourth-order valence-electron chi connectivity index (χ4n) is 1.65. The van der Waals surface area contributed by atoms with Crippen LogP contribution in [-0.4, -0.2) is 45.4 Å². The Morgan fingerprint density at radius 2 is 1.95 bits per heavy atom. The number of sulfonamides is 1. The minimum Gasteiger partial charge on any atom is -0.481 e. The molecule has 6 nitrogen and oxygen atoms in total. The fourth-order valence-corrected chi connectivity index (χ4v) is 2.69. The van der Waals surface area contributed by atoms with E-state index in [2.05, 4.69) is 4.72 Å². The zero-order chi connectivity index (χ0) is 15.0. The van der Waals surface area contributed by atoms with Crippen molar-refractivity contribution in [2.75, 3.05) is 30.8 Å². The van der Waals surface area contributed by atoms with Crippen molar-refractivity contribution in [3.8, 4) is 0 Å². The highest BCUT2D eigenvalue weighted by molar-refractivity contribution is 7.89. The SMILES string of the molecule is CN(CCCNS(=O)(=O)CCC(=O)O)c1ccccc1. The molecule has 0 bridgehead atoms. The maximum atomic E-state index is 11.5. The Balaban J connectivity index is 2.26. The zero-order valence-electron chi connectivity index (χ0n) is 11.4. The summed E-state index contributed by atoms with van der Waals surface area (Å²) in [5.41, 5.74) is 1.07. The molecule has 0 radical (unpaired) electrons. The summed E-state index contributed by atoms with van der Waals surface area (Å²) in [6.07, 6.45) is 0.275. The number of benzene rings is 1. The third-order valence-corrected chi connectivity index (χ3v) is 4.16. The molecule has 0 unspecified atom stereocenters. The minimum atomic E-state index is -3.49. The lowest BCUT2D eigenvalue weighted by molar-refractivity contribution is -0.136. The quantitative estimate of drug-likeness (QED) is 0.662. The summed E-state index contributed by atoms with van der Waals surface area (Å²) in [6.45, 7) is 1.02. The molecule has 0 aromatic heterocycles. The van der Waals surface area contributed by atoms with Gasteiger partial charge in [-0.25, -0.2) is 13.1 Å². The number of hydrogen-bond acceptors (Lipinski definition) is 4. The minimum absolute atomic E-state index is 0.305. The first-order valence-corrected chi connectivity index (χ1v) is 8.01. The van der Waals surface area contributed by atoms with Crippen molar-refractivity contribution in [2.24, 2.45) is 0 Å². The largest absolute Gasteiger partial charge is 0.481 e. The number of carboxylic acid groups (broad SMARTS) is 1. The Morgan fingerprint density at radius 3 is 2.55 bits per heavy atom. The van der Waals surface area contributed by atoms with Crippen LogP contribution in [0.25, 0.3) is 0 Å². The third-order valence-electron chi connectivity index (χ3n) is 2.77. The van der Waals surface area contributed by atoms with E-state index in [9.17, 15) is 13.2 Å². The molecule has 1 rings (SSSR count). The first-order valence-electron chi connectivity index (χ1n) is 6.36. The van der Waals surface area contributed by atoms with E-state index < -0.39 is 16.0 Å². The second-order valence-electron chi connectivity index (χ2n) is 4.47. The lowest BCUT2D eigenvalue weighted by Crippen LogP contribution is -2.30. The van der Waals surface area contributed by atoms with Crippen LogP contribution in [0.5, 0.6) is 0 Å². The van der Waals surface area contributed by atoms with Crippen LogP contribution in [-0.2, 0) is 14.8 Å². The van der Waals surface area contributed by atoms with Gasteiger partial charge in [-0.1, -0.05) is 18.2 Å². The molecule has 0 aliphatic rings. The van der Waals surface area contributed by atoms with Gasteiger partial charge in [0.15, 0.2) is 0 Å². The molecule has 1 aromatic rings. The fraction of sp³-hybridized carbons (Fsp3) is 0.462. The monoisotopic (exact) mass is 300 g/mol. The Morgan fingerprint density at radius 1 is 1.30 bits per heavy atom. The predicted octanol–water partition coefficient (Wildman–Crippen LogP) is 0.907. The van der Waals surface area contributed by atoms with Crippen LogP contribution in [0, 0.1) is 0 Å². The number of hydrogen-bond donors (Lipinski definition) is 2. The molecule has 0 aliphatic carbocycles. The van der Waals surface area contributed by atoms with Crippen molar-refractivity contribution >= 4 is 21.7 Å². The molecular formula is C13H20N2O4S. The standard InChI is InChI=1S/C13H20N2O4S/c1-15(12-6-3-2-4-7-12)10-5-9-14-20(18,19)11-8-13(16)17/h2-4,6-7,14H,5,8-11H2,1H3,(H,16,17). The van der Waals surface area contributed by atoms with Crippen molar-refractivity contribution in [3.63, 3.8) is 0 Å². The molecule has 0 saturated heterocycles. The van der Waals surface area contributed by atoms with E-state index in [1.807, 2.05) is 42.3 Å². The van der Waals surface area contributed by atoms with E-state index in [1.54, 1.807) is 0 Å². The Labute approximate surface area is 119 Å². The van der Waals surface area contributed by atoms with E-state index in [1.165, 1.54) is 0 Å². The van der Waals surface area contributed by atoms with E-state index in [4.69, 9.17) is 5.11 Å². The van der Waals surface area contributed by atoms with Crippen molar-refractivity contribution in [1.29, 1.82) is 0 Å². The molecule has 0 amide bonds. The highest BCUT2D eigenvalue weighted by Crippen LogP contribution is 2.10. The van der Waals surface area contributed by atoms with E-state index >= 15 is 0 Å². The molecule has 1 aromatic carbocycles. The highest BCUT2D eigenvalue weighted by atomic mass is 32.2. The van der Waals surface area contributed by atoms with Crippen molar-refractivity contribution < 1.29 is 18.3 Å². The van der Waals surface area contributed by atoms with Gasteiger partial charge in [0, 0.05) is 25.8 Å². The number of carbonyl (C=O) groups is 1. The van der Waals surface area contributed by atoms with Crippen LogP contribution in [0.4, 0.5) is 5.69 Å². The molecule has 0 aliphatic heterocycles. The lowest BCUT2D eigenvalue weighted by atomic mass is 10.3. The summed E-state index contributed by atoms with van der Waals surface area (Å²) in [4.78, 5) is 12.4. The molecule has 7 heteroatoms. The van der Waals surface area contributed by atoms with Gasteiger partial charge in [0.1, 0.15) is 0 Å². The van der Waals surface area contributed by atoms with Crippen LogP contribution >= 0.6 is 0 Å². The topological polar surface area (TPSA) is 86.7 Å². The number of para-hydroxylation sites is 1. The molecule has 0 saturated carbocycles. The molecule has 2 N–H and O–H groups in total. The van der Waals surface area contributed by atoms with E-state index in [-0.39, 0.29) is 12.2 Å². The first-order chi connectivity index (χ1) is 9.41. The van der Waals surface area contributed by atoms with Crippen LogP contribution in [0.2, 0.25) is 0 Å². The molecule has 0 spiro atoms. The maximum Gasteiger partial charge on any atom is 0.304 e. The van der Waals surface area contributed by atoms with Gasteiger partial charge in [0.25, 0.3) is 0 Å². The molecule has 112 valence electrons. The average Bonchev–Trinajstić information content (AvgIpc) is 2.42. The normalized spacial score (nSPS) is 11.2. The second kappa shape index (κ2) is 7.86. The second-order valence-corrected chi connectivity index (χ2v) is 6.39. The molecule has 0 atom stereocenters. The third kappa shape index (κ3) is 6.53. The van der Waals surface area contributed by atoms with Crippen LogP contribution < -0.4 is 9.62 Å². The number of rotatable bonds is 9. The van der Waals surface area contributed by atoms with Crippen molar-refractivity contribution in [2.45, 2.75) is 12.8 Å². The number of aliphatic carboxylic acids is 1. The van der Waals surface area contributed by atoms with Crippen molar-refractivity contribution in [3.05, 3.63) is 30.3 Å². The van der Waals surface area contributed by atoms with Crippen LogP contribution in [0.1, 0.15) is 12.8 Å². The smallest absolute Gasteiger partial charge is 0.304 e. The first kappa shape index (κ1) is 16.5. The summed E-state index contributed by atoms with van der Waals surface area (Å²) in [7, 11) is -1.55. The zero-order valence-corrected chi connectivity index (χ0v) is 12.3. The number of anilines is 1. The molecule has 0 fully saturated rings. The summed E-state index contributed by atoms with van der Waals surface area (Å²) in [5, 5.41) is 8.45. The van der Waals surface area contributed by atoms with Gasteiger partial charge in [0.2, 0.25) is 10.0 Å². The van der Waals surface area contributed by atoms with Crippen molar-refractivity contribution in [1.82, 2.24) is 4.72 Å². The van der Waals surface area contributed by atoms with Crippen LogP contribution in [0.15, 0.2) is 30.3 Å².